The third-order valence-electron chi connectivity index (χ3n) is 2.90. The van der Waals surface area contributed by atoms with Gasteiger partial charge in [0.1, 0.15) is 0 Å². The quantitative estimate of drug-likeness (QED) is 0.545. The molecule has 0 aliphatic carbocycles. The van der Waals surface area contributed by atoms with Gasteiger partial charge >= 0.3 is 0 Å². The molecule has 0 aromatic heterocycles. The summed E-state index contributed by atoms with van der Waals surface area (Å²) in [6, 6.07) is 0.615. The van der Waals surface area contributed by atoms with E-state index in [1.807, 2.05) is 0 Å². The molecule has 0 spiro atoms. The lowest BCUT2D eigenvalue weighted by Gasteiger charge is -2.17. The van der Waals surface area contributed by atoms with E-state index in [4.69, 9.17) is 4.74 Å². The van der Waals surface area contributed by atoms with Gasteiger partial charge in [0.2, 0.25) is 0 Å². The topological polar surface area (TPSA) is 24.5 Å². The smallest absolute Gasteiger partial charge is 0.0518 e. The molecule has 0 fully saturated rings. The average Bonchev–Trinajstić information content (AvgIpc) is 2.27. The van der Waals surface area contributed by atoms with Crippen LogP contribution in [0.5, 0.6) is 0 Å². The maximum Gasteiger partial charge on any atom is 0.0518 e. The standard InChI is InChI=1S/C15H34N2O/c1-14(2)16-10-6-7-11-17(5)12-8-9-13-18-15(3)4/h14-16H,6-13H2,1-5H3. The minimum absolute atomic E-state index is 0.371. The molecule has 0 aliphatic heterocycles. The highest BCUT2D eigenvalue weighted by Crippen LogP contribution is 1.98. The van der Waals surface area contributed by atoms with E-state index in [2.05, 4.69) is 45.0 Å². The summed E-state index contributed by atoms with van der Waals surface area (Å²) in [4.78, 5) is 2.44. The van der Waals surface area contributed by atoms with Gasteiger partial charge in [-0.1, -0.05) is 13.8 Å². The Morgan fingerprint density at radius 2 is 1.56 bits per heavy atom. The number of hydrogen-bond donors (Lipinski definition) is 1. The maximum absolute atomic E-state index is 5.53. The van der Waals surface area contributed by atoms with Gasteiger partial charge in [-0.25, -0.2) is 0 Å². The van der Waals surface area contributed by atoms with E-state index in [-0.39, 0.29) is 0 Å². The Bertz CT molecular complexity index is 154. The van der Waals surface area contributed by atoms with E-state index < -0.39 is 0 Å². The largest absolute Gasteiger partial charge is 0.379 e. The van der Waals surface area contributed by atoms with Crippen LogP contribution in [-0.2, 0) is 4.74 Å². The highest BCUT2D eigenvalue weighted by Gasteiger charge is 1.99. The SMILES string of the molecule is CC(C)NCCCCN(C)CCCCOC(C)C. The zero-order valence-corrected chi connectivity index (χ0v) is 13.2. The van der Waals surface area contributed by atoms with Crippen molar-refractivity contribution in [3.63, 3.8) is 0 Å². The first-order valence-electron chi connectivity index (χ1n) is 7.56. The van der Waals surface area contributed by atoms with Gasteiger partial charge in [-0.15, -0.1) is 0 Å². The Morgan fingerprint density at radius 1 is 0.944 bits per heavy atom. The van der Waals surface area contributed by atoms with Gasteiger partial charge in [-0.3, -0.25) is 0 Å². The first kappa shape index (κ1) is 17.9. The van der Waals surface area contributed by atoms with Crippen LogP contribution in [0, 0.1) is 0 Å². The molecule has 0 saturated heterocycles. The van der Waals surface area contributed by atoms with Crippen LogP contribution in [0.3, 0.4) is 0 Å². The molecule has 0 heterocycles. The Hall–Kier alpha value is -0.120. The fraction of sp³-hybridized carbons (Fsp3) is 1.00. The van der Waals surface area contributed by atoms with Gasteiger partial charge in [-0.2, -0.15) is 0 Å². The molecule has 0 aromatic rings. The van der Waals surface area contributed by atoms with Crippen LogP contribution in [0.2, 0.25) is 0 Å². The number of nitrogens with one attached hydrogen (secondary N) is 1. The highest BCUT2D eigenvalue weighted by atomic mass is 16.5. The van der Waals surface area contributed by atoms with Gasteiger partial charge in [0, 0.05) is 12.6 Å². The van der Waals surface area contributed by atoms with Crippen molar-refractivity contribution in [2.45, 2.75) is 65.5 Å². The molecule has 1 N–H and O–H groups in total. The van der Waals surface area contributed by atoms with Crippen molar-refractivity contribution >= 4 is 0 Å². The van der Waals surface area contributed by atoms with Crippen molar-refractivity contribution < 1.29 is 4.74 Å². The molecule has 18 heavy (non-hydrogen) atoms. The minimum atomic E-state index is 0.371. The van der Waals surface area contributed by atoms with Crippen LogP contribution in [0.4, 0.5) is 0 Å². The number of unbranched alkanes of at least 4 members (excludes halogenated alkanes) is 2. The molecule has 110 valence electrons. The van der Waals surface area contributed by atoms with Gasteiger partial charge in [0.25, 0.3) is 0 Å². The van der Waals surface area contributed by atoms with E-state index in [0.717, 1.165) is 13.2 Å². The van der Waals surface area contributed by atoms with Crippen LogP contribution < -0.4 is 5.32 Å². The second-order valence-corrected chi connectivity index (χ2v) is 5.75. The summed E-state index contributed by atoms with van der Waals surface area (Å²) >= 11 is 0. The third-order valence-corrected chi connectivity index (χ3v) is 2.90. The van der Waals surface area contributed by atoms with Gasteiger partial charge in [-0.05, 0) is 66.2 Å². The number of rotatable bonds is 12. The summed E-state index contributed by atoms with van der Waals surface area (Å²) in [6.45, 7) is 13.0. The van der Waals surface area contributed by atoms with E-state index in [1.165, 1.54) is 38.8 Å². The van der Waals surface area contributed by atoms with Crippen LogP contribution in [-0.4, -0.2) is 50.3 Å². The fourth-order valence-corrected chi connectivity index (χ4v) is 1.81. The van der Waals surface area contributed by atoms with Gasteiger partial charge < -0.3 is 15.0 Å². The molecule has 0 rings (SSSR count). The predicted molar refractivity (Wildman–Crippen MR) is 80.2 cm³/mol. The number of ether oxygens (including phenoxy) is 1. The van der Waals surface area contributed by atoms with Gasteiger partial charge in [0.15, 0.2) is 0 Å². The number of nitrogens with zero attached hydrogens (tertiary/aromatic N) is 1. The summed E-state index contributed by atoms with van der Waals surface area (Å²) in [7, 11) is 2.22. The summed E-state index contributed by atoms with van der Waals surface area (Å²) < 4.78 is 5.53. The van der Waals surface area contributed by atoms with E-state index in [0.29, 0.717) is 12.1 Å². The summed E-state index contributed by atoms with van der Waals surface area (Å²) in [5, 5.41) is 3.45. The monoisotopic (exact) mass is 258 g/mol. The molecule has 3 heteroatoms. The number of hydrogen-bond acceptors (Lipinski definition) is 3. The van der Waals surface area contributed by atoms with Crippen molar-refractivity contribution in [3.05, 3.63) is 0 Å². The fourth-order valence-electron chi connectivity index (χ4n) is 1.81. The summed E-state index contributed by atoms with van der Waals surface area (Å²) in [6.07, 6.45) is 5.36. The minimum Gasteiger partial charge on any atom is -0.379 e. The lowest BCUT2D eigenvalue weighted by Crippen LogP contribution is -2.25. The first-order valence-corrected chi connectivity index (χ1v) is 7.56. The molecule has 0 amide bonds. The van der Waals surface area contributed by atoms with Crippen molar-refractivity contribution in [2.24, 2.45) is 0 Å². The predicted octanol–water partition coefficient (Wildman–Crippen LogP) is 2.90. The summed E-state index contributed by atoms with van der Waals surface area (Å²) in [5.41, 5.74) is 0. The molecular weight excluding hydrogens is 224 g/mol. The van der Waals surface area contributed by atoms with Crippen LogP contribution in [0.25, 0.3) is 0 Å². The maximum atomic E-state index is 5.53. The molecule has 3 nitrogen and oxygen atoms in total. The lowest BCUT2D eigenvalue weighted by molar-refractivity contribution is 0.0746. The second-order valence-electron chi connectivity index (χ2n) is 5.75. The Balaban J connectivity index is 3.19. The highest BCUT2D eigenvalue weighted by molar-refractivity contribution is 4.56. The molecule has 0 aliphatic rings. The van der Waals surface area contributed by atoms with Crippen LogP contribution in [0.1, 0.15) is 53.4 Å². The molecule has 0 radical (unpaired) electrons. The molecule has 0 aromatic carbocycles. The van der Waals surface area contributed by atoms with Crippen molar-refractivity contribution in [3.8, 4) is 0 Å². The first-order chi connectivity index (χ1) is 8.52. The van der Waals surface area contributed by atoms with Gasteiger partial charge in [0.05, 0.1) is 6.10 Å². The van der Waals surface area contributed by atoms with E-state index in [9.17, 15) is 0 Å². The zero-order chi connectivity index (χ0) is 13.8. The molecule has 0 bridgehead atoms. The zero-order valence-electron chi connectivity index (χ0n) is 13.2. The molecule has 0 atom stereocenters. The Kier molecular flexibility index (Phi) is 11.9. The Morgan fingerprint density at radius 3 is 2.11 bits per heavy atom. The van der Waals surface area contributed by atoms with Crippen LogP contribution in [0.15, 0.2) is 0 Å². The van der Waals surface area contributed by atoms with Crippen molar-refractivity contribution in [2.75, 3.05) is 33.3 Å². The van der Waals surface area contributed by atoms with Crippen molar-refractivity contribution in [1.29, 1.82) is 0 Å². The molecular formula is C15H34N2O. The second kappa shape index (κ2) is 11.9. The van der Waals surface area contributed by atoms with Crippen molar-refractivity contribution in [1.82, 2.24) is 10.2 Å². The normalized spacial score (nSPS) is 12.0. The lowest BCUT2D eigenvalue weighted by atomic mass is 10.2. The van der Waals surface area contributed by atoms with Crippen LogP contribution >= 0.6 is 0 Å². The van der Waals surface area contributed by atoms with E-state index >= 15 is 0 Å². The third kappa shape index (κ3) is 13.9. The Labute approximate surface area is 114 Å². The average molecular weight is 258 g/mol. The summed E-state index contributed by atoms with van der Waals surface area (Å²) in [5.74, 6) is 0. The molecule has 0 unspecified atom stereocenters. The van der Waals surface area contributed by atoms with E-state index in [1.54, 1.807) is 0 Å². The molecule has 0 saturated carbocycles.